The highest BCUT2D eigenvalue weighted by Crippen LogP contribution is 2.33. The van der Waals surface area contributed by atoms with Crippen LogP contribution in [-0.2, 0) is 0 Å². The summed E-state index contributed by atoms with van der Waals surface area (Å²) in [5, 5.41) is 7.37. The van der Waals surface area contributed by atoms with Gasteiger partial charge in [0.15, 0.2) is 0 Å². The molecule has 1 aliphatic heterocycles. The summed E-state index contributed by atoms with van der Waals surface area (Å²) in [4.78, 5) is 2.52. The number of nitrogens with one attached hydrogen (secondary N) is 1. The third-order valence-electron chi connectivity index (χ3n) is 4.26. The van der Waals surface area contributed by atoms with Gasteiger partial charge in [-0.2, -0.15) is 5.10 Å². The Labute approximate surface area is 125 Å². The van der Waals surface area contributed by atoms with Crippen molar-refractivity contribution in [2.75, 3.05) is 19.6 Å². The van der Waals surface area contributed by atoms with Crippen LogP contribution in [0.1, 0.15) is 37.8 Å². The molecular formula is C17H22FN3. The molecule has 1 fully saturated rings. The van der Waals surface area contributed by atoms with Gasteiger partial charge in [0.05, 0.1) is 6.20 Å². The van der Waals surface area contributed by atoms with Crippen LogP contribution in [0.3, 0.4) is 0 Å². The Morgan fingerprint density at radius 2 is 2.33 bits per heavy atom. The molecule has 1 aromatic carbocycles. The smallest absolute Gasteiger partial charge is 0.123 e. The zero-order valence-electron chi connectivity index (χ0n) is 12.5. The minimum absolute atomic E-state index is 0.198. The van der Waals surface area contributed by atoms with E-state index >= 15 is 0 Å². The molecule has 0 spiro atoms. The van der Waals surface area contributed by atoms with Crippen molar-refractivity contribution in [2.24, 2.45) is 0 Å². The lowest BCUT2D eigenvalue weighted by Gasteiger charge is -2.32. The van der Waals surface area contributed by atoms with Crippen molar-refractivity contribution in [3.63, 3.8) is 0 Å². The lowest BCUT2D eigenvalue weighted by molar-refractivity contribution is 0.207. The highest BCUT2D eigenvalue weighted by molar-refractivity contribution is 5.65. The molecule has 0 radical (unpaired) electrons. The molecule has 0 bridgehead atoms. The second-order valence-corrected chi connectivity index (χ2v) is 5.85. The fraction of sp³-hybridized carbons (Fsp3) is 0.471. The second kappa shape index (κ2) is 6.39. The summed E-state index contributed by atoms with van der Waals surface area (Å²) in [7, 11) is 0. The van der Waals surface area contributed by atoms with Crippen molar-refractivity contribution in [3.8, 4) is 11.1 Å². The monoisotopic (exact) mass is 287 g/mol. The number of rotatable bonds is 4. The van der Waals surface area contributed by atoms with E-state index in [1.165, 1.54) is 31.9 Å². The first-order valence-corrected chi connectivity index (χ1v) is 7.79. The third-order valence-corrected chi connectivity index (χ3v) is 4.26. The van der Waals surface area contributed by atoms with Crippen molar-refractivity contribution in [2.45, 2.75) is 32.1 Å². The van der Waals surface area contributed by atoms with Crippen LogP contribution in [0.5, 0.6) is 0 Å². The summed E-state index contributed by atoms with van der Waals surface area (Å²) in [5.74, 6) is 0.266. The van der Waals surface area contributed by atoms with Crippen molar-refractivity contribution in [3.05, 3.63) is 42.0 Å². The molecule has 0 saturated carbocycles. The van der Waals surface area contributed by atoms with E-state index in [4.69, 9.17) is 0 Å². The van der Waals surface area contributed by atoms with E-state index in [9.17, 15) is 4.39 Å². The number of aromatic amines is 1. The average Bonchev–Trinajstić information content (AvgIpc) is 2.97. The molecular weight excluding hydrogens is 265 g/mol. The van der Waals surface area contributed by atoms with Crippen molar-refractivity contribution < 1.29 is 4.39 Å². The first-order chi connectivity index (χ1) is 10.3. The molecule has 1 aliphatic rings. The van der Waals surface area contributed by atoms with Crippen LogP contribution in [0.4, 0.5) is 4.39 Å². The Hall–Kier alpha value is -1.68. The second-order valence-electron chi connectivity index (χ2n) is 5.85. The lowest BCUT2D eigenvalue weighted by atomic mass is 9.90. The van der Waals surface area contributed by atoms with Crippen molar-refractivity contribution in [1.82, 2.24) is 15.1 Å². The van der Waals surface area contributed by atoms with Gasteiger partial charge in [0.1, 0.15) is 5.82 Å². The topological polar surface area (TPSA) is 31.9 Å². The Bertz CT molecular complexity index is 591. The molecule has 1 N–H and O–H groups in total. The molecule has 0 aliphatic carbocycles. The minimum Gasteiger partial charge on any atom is -0.303 e. The zero-order chi connectivity index (χ0) is 14.7. The maximum atomic E-state index is 13.5. The summed E-state index contributed by atoms with van der Waals surface area (Å²) < 4.78 is 13.5. The van der Waals surface area contributed by atoms with E-state index in [2.05, 4.69) is 22.0 Å². The van der Waals surface area contributed by atoms with Gasteiger partial charge in [0, 0.05) is 23.7 Å². The van der Waals surface area contributed by atoms with Crippen LogP contribution in [0.2, 0.25) is 0 Å². The molecule has 21 heavy (non-hydrogen) atoms. The van der Waals surface area contributed by atoms with Gasteiger partial charge in [0.2, 0.25) is 0 Å². The number of halogens is 1. The zero-order valence-corrected chi connectivity index (χ0v) is 12.5. The molecule has 0 unspecified atom stereocenters. The van der Waals surface area contributed by atoms with Crippen LogP contribution in [0, 0.1) is 5.82 Å². The van der Waals surface area contributed by atoms with Gasteiger partial charge >= 0.3 is 0 Å². The summed E-state index contributed by atoms with van der Waals surface area (Å²) in [5.41, 5.74) is 3.10. The maximum absolute atomic E-state index is 13.5. The standard InChI is InChI=1S/C17H22FN3/c1-2-8-21-9-4-6-14(12-21)17-16(11-19-20-17)13-5-3-7-15(18)10-13/h3,5,7,10-11,14H,2,4,6,8-9,12H2,1H3,(H,19,20)/t14-/m0/s1. The summed E-state index contributed by atoms with van der Waals surface area (Å²) in [6.07, 6.45) is 5.40. The number of likely N-dealkylation sites (tertiary alicyclic amines) is 1. The predicted octanol–water partition coefficient (Wildman–Crippen LogP) is 3.81. The predicted molar refractivity (Wildman–Crippen MR) is 82.7 cm³/mol. The molecule has 1 atom stereocenters. The van der Waals surface area contributed by atoms with Crippen molar-refractivity contribution >= 4 is 0 Å². The molecule has 112 valence electrons. The summed E-state index contributed by atoms with van der Waals surface area (Å²) >= 11 is 0. The number of nitrogens with zero attached hydrogens (tertiary/aromatic N) is 2. The van der Waals surface area contributed by atoms with Crippen LogP contribution >= 0.6 is 0 Å². The van der Waals surface area contributed by atoms with Gasteiger partial charge in [-0.3, -0.25) is 5.10 Å². The third kappa shape index (κ3) is 3.16. The number of H-pyrrole nitrogens is 1. The van der Waals surface area contributed by atoms with Crippen LogP contribution < -0.4 is 0 Å². The number of hydrogen-bond donors (Lipinski definition) is 1. The molecule has 3 nitrogen and oxygen atoms in total. The van der Waals surface area contributed by atoms with Gasteiger partial charge < -0.3 is 4.90 Å². The molecule has 4 heteroatoms. The first kappa shape index (κ1) is 14.3. The highest BCUT2D eigenvalue weighted by atomic mass is 19.1. The van der Waals surface area contributed by atoms with E-state index in [0.717, 1.165) is 29.9 Å². The molecule has 2 heterocycles. The Morgan fingerprint density at radius 1 is 1.43 bits per heavy atom. The molecule has 2 aromatic rings. The van der Waals surface area contributed by atoms with Crippen LogP contribution in [0.25, 0.3) is 11.1 Å². The SMILES string of the molecule is CCCN1CCC[C@H](c2[nH]ncc2-c2cccc(F)c2)C1. The number of hydrogen-bond acceptors (Lipinski definition) is 2. The Kier molecular flexibility index (Phi) is 4.34. The van der Waals surface area contributed by atoms with Crippen molar-refractivity contribution in [1.29, 1.82) is 0 Å². The summed E-state index contributed by atoms with van der Waals surface area (Å²) in [6.45, 7) is 5.63. The maximum Gasteiger partial charge on any atom is 0.123 e. The fourth-order valence-electron chi connectivity index (χ4n) is 3.30. The van der Waals surface area contributed by atoms with Gasteiger partial charge in [-0.1, -0.05) is 19.1 Å². The largest absolute Gasteiger partial charge is 0.303 e. The number of aromatic nitrogens is 2. The van der Waals surface area contributed by atoms with E-state index in [1.807, 2.05) is 12.3 Å². The quantitative estimate of drug-likeness (QED) is 0.927. The number of piperidine rings is 1. The molecule has 0 amide bonds. The van der Waals surface area contributed by atoms with E-state index < -0.39 is 0 Å². The molecule has 1 aromatic heterocycles. The number of benzene rings is 1. The van der Waals surface area contributed by atoms with Gasteiger partial charge in [0.25, 0.3) is 0 Å². The van der Waals surface area contributed by atoms with Crippen LogP contribution in [-0.4, -0.2) is 34.7 Å². The van der Waals surface area contributed by atoms with Gasteiger partial charge in [-0.25, -0.2) is 4.39 Å². The fourth-order valence-corrected chi connectivity index (χ4v) is 3.30. The normalized spacial score (nSPS) is 19.8. The Balaban J connectivity index is 1.85. The molecule has 3 rings (SSSR count). The van der Waals surface area contributed by atoms with Gasteiger partial charge in [-0.15, -0.1) is 0 Å². The minimum atomic E-state index is -0.198. The first-order valence-electron chi connectivity index (χ1n) is 7.79. The van der Waals surface area contributed by atoms with E-state index in [0.29, 0.717) is 5.92 Å². The van der Waals surface area contributed by atoms with Gasteiger partial charge in [-0.05, 0) is 50.0 Å². The molecule has 1 saturated heterocycles. The van der Waals surface area contributed by atoms with E-state index in [-0.39, 0.29) is 5.82 Å². The van der Waals surface area contributed by atoms with Crippen LogP contribution in [0.15, 0.2) is 30.5 Å². The average molecular weight is 287 g/mol. The Morgan fingerprint density at radius 3 is 3.14 bits per heavy atom. The lowest BCUT2D eigenvalue weighted by Crippen LogP contribution is -2.35. The van der Waals surface area contributed by atoms with E-state index in [1.54, 1.807) is 12.1 Å². The summed E-state index contributed by atoms with van der Waals surface area (Å²) in [6, 6.07) is 6.77. The highest BCUT2D eigenvalue weighted by Gasteiger charge is 2.24.